The van der Waals surface area contributed by atoms with Gasteiger partial charge >= 0.3 is 0 Å². The Morgan fingerprint density at radius 2 is 1.47 bits per heavy atom. The smallest absolute Gasteiger partial charge is 0.0880 e. The van der Waals surface area contributed by atoms with Gasteiger partial charge in [0, 0.05) is 0 Å². The molecule has 0 aromatic rings. The first-order chi connectivity index (χ1) is 7.31. The third kappa shape index (κ3) is 11.8. The Morgan fingerprint density at radius 3 is 2.00 bits per heavy atom. The first kappa shape index (κ1) is 14.9. The van der Waals surface area contributed by atoms with Crippen molar-refractivity contribution in [2.45, 2.75) is 71.6 Å². The molecule has 0 amide bonds. The summed E-state index contributed by atoms with van der Waals surface area (Å²) in [6.07, 6.45) is 11.9. The van der Waals surface area contributed by atoms with Gasteiger partial charge in [-0.2, -0.15) is 0 Å². The van der Waals surface area contributed by atoms with Crippen molar-refractivity contribution in [1.29, 1.82) is 0 Å². The average molecular weight is 215 g/mol. The molecule has 91 valence electrons. The second-order valence-electron chi connectivity index (χ2n) is 4.65. The van der Waals surface area contributed by atoms with E-state index in [0.717, 1.165) is 6.42 Å². The molecular formula is C13H27O2. The molecule has 0 bridgehead atoms. The van der Waals surface area contributed by atoms with Gasteiger partial charge in [-0.05, 0) is 17.6 Å². The number of hydrogen-bond donors (Lipinski definition) is 0. The lowest BCUT2D eigenvalue weighted by molar-refractivity contribution is -0.310. The SMILES string of the molecule is CCCCCCCCCCC(C)CO[O]. The minimum Gasteiger partial charge on any atom is -0.204 e. The number of rotatable bonds is 11. The van der Waals surface area contributed by atoms with Gasteiger partial charge in [0.15, 0.2) is 0 Å². The molecule has 0 aliphatic rings. The molecule has 2 heteroatoms. The Labute approximate surface area is 95.0 Å². The van der Waals surface area contributed by atoms with Crippen molar-refractivity contribution >= 4 is 0 Å². The monoisotopic (exact) mass is 215 g/mol. The Hall–Kier alpha value is -0.0800. The number of unbranched alkanes of at least 4 members (excludes halogenated alkanes) is 7. The third-order valence-corrected chi connectivity index (χ3v) is 2.90. The van der Waals surface area contributed by atoms with Crippen LogP contribution in [0.25, 0.3) is 0 Å². The molecule has 0 aliphatic heterocycles. The van der Waals surface area contributed by atoms with Crippen molar-refractivity contribution in [1.82, 2.24) is 0 Å². The predicted molar refractivity (Wildman–Crippen MR) is 63.0 cm³/mol. The van der Waals surface area contributed by atoms with E-state index in [-0.39, 0.29) is 0 Å². The fourth-order valence-corrected chi connectivity index (χ4v) is 1.83. The molecule has 0 saturated carbocycles. The largest absolute Gasteiger partial charge is 0.204 e. The molecule has 0 spiro atoms. The van der Waals surface area contributed by atoms with Gasteiger partial charge in [0.1, 0.15) is 0 Å². The van der Waals surface area contributed by atoms with E-state index in [0.29, 0.717) is 12.5 Å². The minimum absolute atomic E-state index is 0.372. The summed E-state index contributed by atoms with van der Waals surface area (Å²) in [4.78, 5) is 3.88. The summed E-state index contributed by atoms with van der Waals surface area (Å²) in [5.41, 5.74) is 0. The molecule has 1 radical (unpaired) electrons. The second kappa shape index (κ2) is 12.0. The van der Waals surface area contributed by atoms with Gasteiger partial charge in [-0.3, -0.25) is 0 Å². The van der Waals surface area contributed by atoms with Crippen molar-refractivity contribution in [3.63, 3.8) is 0 Å². The van der Waals surface area contributed by atoms with Crippen LogP contribution >= 0.6 is 0 Å². The van der Waals surface area contributed by atoms with E-state index in [1.165, 1.54) is 51.4 Å². The van der Waals surface area contributed by atoms with Crippen LogP contribution in [0, 0.1) is 5.92 Å². The van der Waals surface area contributed by atoms with E-state index in [2.05, 4.69) is 18.7 Å². The summed E-state index contributed by atoms with van der Waals surface area (Å²) >= 11 is 0. The molecule has 0 saturated heterocycles. The van der Waals surface area contributed by atoms with Crippen molar-refractivity contribution in [2.24, 2.45) is 5.92 Å². The fourth-order valence-electron chi connectivity index (χ4n) is 1.83. The topological polar surface area (TPSA) is 29.1 Å². The van der Waals surface area contributed by atoms with Crippen molar-refractivity contribution in [3.05, 3.63) is 0 Å². The van der Waals surface area contributed by atoms with E-state index >= 15 is 0 Å². The molecular weight excluding hydrogens is 188 g/mol. The number of hydrogen-bond acceptors (Lipinski definition) is 1. The van der Waals surface area contributed by atoms with Crippen LogP contribution in [0.1, 0.15) is 71.6 Å². The van der Waals surface area contributed by atoms with Crippen molar-refractivity contribution in [3.8, 4) is 0 Å². The summed E-state index contributed by atoms with van der Waals surface area (Å²) in [7, 11) is 0. The van der Waals surface area contributed by atoms with Gasteiger partial charge in [-0.1, -0.05) is 65.2 Å². The van der Waals surface area contributed by atoms with Crippen molar-refractivity contribution < 1.29 is 10.1 Å². The molecule has 2 nitrogen and oxygen atoms in total. The summed E-state index contributed by atoms with van der Waals surface area (Å²) < 4.78 is 0. The van der Waals surface area contributed by atoms with Gasteiger partial charge in [0.05, 0.1) is 6.61 Å². The normalized spacial score (nSPS) is 13.0. The summed E-state index contributed by atoms with van der Waals surface area (Å²) in [5.74, 6) is 0.433. The van der Waals surface area contributed by atoms with E-state index in [9.17, 15) is 5.26 Å². The van der Waals surface area contributed by atoms with Crippen molar-refractivity contribution in [2.75, 3.05) is 6.61 Å². The molecule has 0 aliphatic carbocycles. The van der Waals surface area contributed by atoms with E-state index in [1.54, 1.807) is 0 Å². The zero-order valence-corrected chi connectivity index (χ0v) is 10.5. The van der Waals surface area contributed by atoms with Gasteiger partial charge < -0.3 is 0 Å². The standard InChI is InChI=1S/C13H27O2/c1-3-4-5-6-7-8-9-10-11-13(2)12-15-14/h13H,3-12H2,1-2H3. The van der Waals surface area contributed by atoms with Gasteiger partial charge in [0.25, 0.3) is 0 Å². The Bertz CT molecular complexity index is 115. The zero-order chi connectivity index (χ0) is 11.4. The first-order valence-corrected chi connectivity index (χ1v) is 6.56. The maximum Gasteiger partial charge on any atom is 0.0880 e. The van der Waals surface area contributed by atoms with Crippen LogP contribution in [0.5, 0.6) is 0 Å². The molecule has 1 unspecified atom stereocenters. The molecule has 0 heterocycles. The Morgan fingerprint density at radius 1 is 0.933 bits per heavy atom. The Kier molecular flexibility index (Phi) is 11.9. The maximum absolute atomic E-state index is 9.88. The van der Waals surface area contributed by atoms with E-state index in [4.69, 9.17) is 0 Å². The van der Waals surface area contributed by atoms with Gasteiger partial charge in [0.2, 0.25) is 0 Å². The van der Waals surface area contributed by atoms with Gasteiger partial charge in [-0.25, -0.2) is 4.89 Å². The highest BCUT2D eigenvalue weighted by atomic mass is 17.1. The highest BCUT2D eigenvalue weighted by molar-refractivity contribution is 4.52. The summed E-state index contributed by atoms with van der Waals surface area (Å²) in [6.45, 7) is 4.70. The van der Waals surface area contributed by atoms with Crippen LogP contribution in [0.2, 0.25) is 0 Å². The lowest BCUT2D eigenvalue weighted by Crippen LogP contribution is -2.02. The van der Waals surface area contributed by atoms with Crippen LogP contribution < -0.4 is 0 Å². The zero-order valence-electron chi connectivity index (χ0n) is 10.5. The van der Waals surface area contributed by atoms with Crippen LogP contribution in [-0.2, 0) is 10.1 Å². The summed E-state index contributed by atoms with van der Waals surface area (Å²) in [5, 5.41) is 9.88. The molecule has 1 atom stereocenters. The highest BCUT2D eigenvalue weighted by Gasteiger charge is 2.01. The molecule has 0 aromatic carbocycles. The molecule has 0 aromatic heterocycles. The maximum atomic E-state index is 9.88. The average Bonchev–Trinajstić information content (AvgIpc) is 2.22. The van der Waals surface area contributed by atoms with Crippen LogP contribution in [0.15, 0.2) is 0 Å². The third-order valence-electron chi connectivity index (χ3n) is 2.90. The lowest BCUT2D eigenvalue weighted by atomic mass is 10.0. The first-order valence-electron chi connectivity index (χ1n) is 6.56. The molecule has 15 heavy (non-hydrogen) atoms. The molecule has 0 fully saturated rings. The Balaban J connectivity index is 2.98. The van der Waals surface area contributed by atoms with Crippen LogP contribution in [0.3, 0.4) is 0 Å². The van der Waals surface area contributed by atoms with Crippen LogP contribution in [-0.4, -0.2) is 6.61 Å². The second-order valence-corrected chi connectivity index (χ2v) is 4.65. The summed E-state index contributed by atoms with van der Waals surface area (Å²) in [6, 6.07) is 0. The minimum atomic E-state index is 0.372. The quantitative estimate of drug-likeness (QED) is 0.283. The van der Waals surface area contributed by atoms with E-state index in [1.807, 2.05) is 0 Å². The van der Waals surface area contributed by atoms with Crippen LogP contribution in [0.4, 0.5) is 0 Å². The van der Waals surface area contributed by atoms with Gasteiger partial charge in [-0.15, -0.1) is 0 Å². The molecule has 0 N–H and O–H groups in total. The predicted octanol–water partition coefficient (Wildman–Crippen LogP) is 4.52. The van der Waals surface area contributed by atoms with E-state index < -0.39 is 0 Å². The fraction of sp³-hybridized carbons (Fsp3) is 1.00. The lowest BCUT2D eigenvalue weighted by Gasteiger charge is -2.07. The highest BCUT2D eigenvalue weighted by Crippen LogP contribution is 2.13. The molecule has 0 rings (SSSR count).